The highest BCUT2D eigenvalue weighted by molar-refractivity contribution is 5.70. The predicted octanol–water partition coefficient (Wildman–Crippen LogP) is 19.6. The molecule has 0 aromatic heterocycles. The smallest absolute Gasteiger partial charge is 0.307 e. The number of nitrogens with zero attached hydrogens (tertiary/aromatic N) is 2. The Morgan fingerprint density at radius 3 is 1.01 bits per heavy atom. The van der Waals surface area contributed by atoms with Gasteiger partial charge in [-0.15, -0.1) is 0 Å². The highest BCUT2D eigenvalue weighted by Crippen LogP contribution is 2.24. The van der Waals surface area contributed by atoms with E-state index in [2.05, 4.69) is 44.4 Å². The van der Waals surface area contributed by atoms with Crippen molar-refractivity contribution in [3.63, 3.8) is 0 Å². The highest BCUT2D eigenvalue weighted by Gasteiger charge is 2.21. The van der Waals surface area contributed by atoms with Crippen molar-refractivity contribution in [1.82, 2.24) is 9.80 Å². The molecular formula is C70H134N2O8. The third-order valence-electron chi connectivity index (χ3n) is 17.2. The molecule has 0 aromatic carbocycles. The van der Waals surface area contributed by atoms with E-state index in [9.17, 15) is 19.2 Å². The maximum atomic E-state index is 13.2. The molecule has 1 fully saturated rings. The monoisotopic (exact) mass is 1130 g/mol. The van der Waals surface area contributed by atoms with Crippen molar-refractivity contribution in [2.45, 2.75) is 355 Å². The van der Waals surface area contributed by atoms with Gasteiger partial charge in [0.15, 0.2) is 0 Å². The zero-order valence-corrected chi connectivity index (χ0v) is 53.9. The second-order valence-electron chi connectivity index (χ2n) is 24.8. The summed E-state index contributed by atoms with van der Waals surface area (Å²) in [6.45, 7) is 17.9. The molecule has 10 heteroatoms. The summed E-state index contributed by atoms with van der Waals surface area (Å²) < 4.78 is 22.8. The van der Waals surface area contributed by atoms with Gasteiger partial charge in [0.05, 0.1) is 19.6 Å². The summed E-state index contributed by atoms with van der Waals surface area (Å²) in [6.07, 6.45) is 55.6. The molecule has 0 amide bonds. The van der Waals surface area contributed by atoms with Crippen LogP contribution in [-0.2, 0) is 38.1 Å². The number of rotatable bonds is 62. The van der Waals surface area contributed by atoms with Crippen molar-refractivity contribution in [3.8, 4) is 0 Å². The van der Waals surface area contributed by atoms with Crippen LogP contribution in [0.15, 0.2) is 0 Å². The van der Waals surface area contributed by atoms with Crippen LogP contribution in [-0.4, -0.2) is 98.9 Å². The third-order valence-corrected chi connectivity index (χ3v) is 17.2. The molecule has 1 saturated heterocycles. The highest BCUT2D eigenvalue weighted by atomic mass is 16.6. The van der Waals surface area contributed by atoms with Gasteiger partial charge in [0.1, 0.15) is 13.2 Å². The number of carbonyl (C=O) groups is 4. The summed E-state index contributed by atoms with van der Waals surface area (Å²) >= 11 is 0. The van der Waals surface area contributed by atoms with Gasteiger partial charge in [0, 0.05) is 31.8 Å². The first-order valence-electron chi connectivity index (χ1n) is 35.3. The summed E-state index contributed by atoms with van der Waals surface area (Å²) in [7, 11) is 0. The van der Waals surface area contributed by atoms with Gasteiger partial charge >= 0.3 is 23.9 Å². The molecule has 1 rings (SSSR count). The number of unbranched alkanes of at least 4 members (excludes halogenated alkanes) is 29. The largest absolute Gasteiger partial charge is 0.465 e. The number of ether oxygens (including phenoxy) is 4. The van der Waals surface area contributed by atoms with Crippen LogP contribution < -0.4 is 0 Å². The van der Waals surface area contributed by atoms with Gasteiger partial charge in [-0.3, -0.25) is 24.1 Å². The molecule has 0 aliphatic carbocycles. The summed E-state index contributed by atoms with van der Waals surface area (Å²) in [4.78, 5) is 56.4. The minimum absolute atomic E-state index is 0.0124. The molecule has 80 heavy (non-hydrogen) atoms. The number of carbonyl (C=O) groups excluding carboxylic acids is 4. The fourth-order valence-electron chi connectivity index (χ4n) is 11.9. The Labute approximate surface area is 496 Å². The van der Waals surface area contributed by atoms with Crippen LogP contribution in [0.25, 0.3) is 0 Å². The SMILES string of the molecule is CCCCCCCCCCC(=O)OCCOC(=O)CCN(CCCN1CCCC1)C(CCCCCCCCC(=O)OCC(CCCCCC)CCCCCC)CCCCCCCCC(=O)OCC(CCCCCC)CCCCCC. The number of likely N-dealkylation sites (tertiary alicyclic amines) is 1. The minimum atomic E-state index is -0.213. The van der Waals surface area contributed by atoms with Crippen LogP contribution in [0.3, 0.4) is 0 Å². The first-order chi connectivity index (χ1) is 39.3. The van der Waals surface area contributed by atoms with E-state index in [4.69, 9.17) is 18.9 Å². The molecule has 0 N–H and O–H groups in total. The van der Waals surface area contributed by atoms with E-state index >= 15 is 0 Å². The van der Waals surface area contributed by atoms with E-state index in [-0.39, 0.29) is 37.1 Å². The van der Waals surface area contributed by atoms with Crippen molar-refractivity contribution in [2.24, 2.45) is 11.8 Å². The molecule has 0 aromatic rings. The Morgan fingerprint density at radius 1 is 0.338 bits per heavy atom. The van der Waals surface area contributed by atoms with Crippen LogP contribution >= 0.6 is 0 Å². The zero-order valence-electron chi connectivity index (χ0n) is 53.9. The summed E-state index contributed by atoms with van der Waals surface area (Å²) in [6, 6.07) is 0.410. The molecule has 0 bridgehead atoms. The molecule has 0 saturated carbocycles. The predicted molar refractivity (Wildman–Crippen MR) is 337 cm³/mol. The number of esters is 4. The lowest BCUT2D eigenvalue weighted by Crippen LogP contribution is -2.39. The van der Waals surface area contributed by atoms with E-state index in [1.54, 1.807) is 0 Å². The summed E-state index contributed by atoms with van der Waals surface area (Å²) in [5.74, 6) is 0.585. The fourth-order valence-corrected chi connectivity index (χ4v) is 11.9. The topological polar surface area (TPSA) is 112 Å². The maximum Gasteiger partial charge on any atom is 0.307 e. The molecule has 1 heterocycles. The van der Waals surface area contributed by atoms with Gasteiger partial charge in [-0.1, -0.05) is 247 Å². The van der Waals surface area contributed by atoms with Crippen molar-refractivity contribution in [2.75, 3.05) is 59.2 Å². The van der Waals surface area contributed by atoms with E-state index in [0.717, 1.165) is 96.6 Å². The van der Waals surface area contributed by atoms with Gasteiger partial charge in [-0.2, -0.15) is 0 Å². The molecule has 10 nitrogen and oxygen atoms in total. The van der Waals surface area contributed by atoms with Crippen LogP contribution in [0.2, 0.25) is 0 Å². The quantitative estimate of drug-likeness (QED) is 0.0332. The van der Waals surface area contributed by atoms with Gasteiger partial charge in [-0.05, 0) is 115 Å². The zero-order chi connectivity index (χ0) is 58.0. The Hall–Kier alpha value is -2.20. The molecule has 0 unspecified atom stereocenters. The summed E-state index contributed by atoms with van der Waals surface area (Å²) in [5, 5.41) is 0. The lowest BCUT2D eigenvalue weighted by Gasteiger charge is -2.32. The van der Waals surface area contributed by atoms with Crippen molar-refractivity contribution >= 4 is 23.9 Å². The van der Waals surface area contributed by atoms with E-state index in [1.165, 1.54) is 219 Å². The second-order valence-corrected chi connectivity index (χ2v) is 24.8. The standard InChI is InChI=1S/C70H134N2O8/c1-6-11-16-21-22-23-30-39-51-67(73)77-60-61-78-70(76)54-59-72(58-44-57-71-55-42-43-56-71)66(49-37-28-24-26-31-40-52-68(74)79-62-64(45-33-17-12-7-2)46-34-18-13-8-3)50-38-29-25-27-32-41-53-69(75)80-63-65(47-35-19-14-9-4)48-36-20-15-10-5/h64-66H,6-63H2,1-5H3. The van der Waals surface area contributed by atoms with Crippen LogP contribution in [0.4, 0.5) is 0 Å². The molecular weight excluding hydrogens is 997 g/mol. The molecule has 0 atom stereocenters. The van der Waals surface area contributed by atoms with Crippen molar-refractivity contribution < 1.29 is 38.1 Å². The average molecular weight is 1130 g/mol. The van der Waals surface area contributed by atoms with Gasteiger partial charge in [0.2, 0.25) is 0 Å². The minimum Gasteiger partial charge on any atom is -0.465 e. The fraction of sp³-hybridized carbons (Fsp3) is 0.943. The third kappa shape index (κ3) is 49.2. The van der Waals surface area contributed by atoms with Gasteiger partial charge in [0.25, 0.3) is 0 Å². The molecule has 472 valence electrons. The Balaban J connectivity index is 2.74. The average Bonchev–Trinajstić information content (AvgIpc) is 3.99. The van der Waals surface area contributed by atoms with Crippen LogP contribution in [0.5, 0.6) is 0 Å². The van der Waals surface area contributed by atoms with Crippen LogP contribution in [0, 0.1) is 11.8 Å². The van der Waals surface area contributed by atoms with E-state index in [0.29, 0.717) is 63.3 Å². The number of hydrogen-bond acceptors (Lipinski definition) is 10. The second kappa shape index (κ2) is 58.6. The number of hydrogen-bond donors (Lipinski definition) is 0. The Morgan fingerprint density at radius 2 is 0.637 bits per heavy atom. The van der Waals surface area contributed by atoms with E-state index < -0.39 is 0 Å². The van der Waals surface area contributed by atoms with Crippen LogP contribution in [0.1, 0.15) is 349 Å². The Bertz CT molecular complexity index is 1290. The van der Waals surface area contributed by atoms with E-state index in [1.807, 2.05) is 0 Å². The normalized spacial score (nSPS) is 12.9. The molecule has 1 aliphatic heterocycles. The van der Waals surface area contributed by atoms with Crippen molar-refractivity contribution in [3.05, 3.63) is 0 Å². The first kappa shape index (κ1) is 75.8. The van der Waals surface area contributed by atoms with Gasteiger partial charge in [-0.25, -0.2) is 0 Å². The molecule has 1 aliphatic rings. The Kier molecular flexibility index (Phi) is 55.5. The van der Waals surface area contributed by atoms with Gasteiger partial charge < -0.3 is 23.8 Å². The molecule has 0 spiro atoms. The maximum absolute atomic E-state index is 13.2. The van der Waals surface area contributed by atoms with Crippen molar-refractivity contribution in [1.29, 1.82) is 0 Å². The molecule has 0 radical (unpaired) electrons. The lowest BCUT2D eigenvalue weighted by molar-refractivity contribution is -0.152. The first-order valence-corrected chi connectivity index (χ1v) is 35.3. The lowest BCUT2D eigenvalue weighted by atomic mass is 9.95. The summed E-state index contributed by atoms with van der Waals surface area (Å²) in [5.41, 5.74) is 0.